The van der Waals surface area contributed by atoms with E-state index in [9.17, 15) is 4.39 Å². The predicted octanol–water partition coefficient (Wildman–Crippen LogP) is 1.72. The molecule has 3 nitrogen and oxygen atoms in total. The summed E-state index contributed by atoms with van der Waals surface area (Å²) in [6.07, 6.45) is 0. The van der Waals surface area contributed by atoms with E-state index in [1.54, 1.807) is 20.1 Å². The second kappa shape index (κ2) is 3.55. The number of rotatable bonds is 2. The van der Waals surface area contributed by atoms with Gasteiger partial charge in [-0.05, 0) is 18.6 Å². The molecule has 1 unspecified atom stereocenters. The maximum atomic E-state index is 13.2. The first kappa shape index (κ1) is 9.43. The van der Waals surface area contributed by atoms with Crippen molar-refractivity contribution in [3.05, 3.63) is 29.1 Å². The van der Waals surface area contributed by atoms with Gasteiger partial charge in [-0.25, -0.2) is 4.39 Å². The van der Waals surface area contributed by atoms with Crippen LogP contribution in [0.15, 0.2) is 12.1 Å². The van der Waals surface area contributed by atoms with E-state index >= 15 is 0 Å². The van der Waals surface area contributed by atoms with E-state index in [4.69, 9.17) is 9.57 Å². The van der Waals surface area contributed by atoms with E-state index in [-0.39, 0.29) is 11.9 Å². The minimum Gasteiger partial charge on any atom is -0.491 e. The van der Waals surface area contributed by atoms with Crippen molar-refractivity contribution in [2.45, 2.75) is 13.0 Å². The Balaban J connectivity index is 2.35. The molecule has 1 aliphatic heterocycles. The fourth-order valence-corrected chi connectivity index (χ4v) is 1.59. The Morgan fingerprint density at radius 1 is 1.57 bits per heavy atom. The lowest BCUT2D eigenvalue weighted by Crippen LogP contribution is -2.20. The largest absolute Gasteiger partial charge is 0.491 e. The second-order valence-electron chi connectivity index (χ2n) is 3.32. The van der Waals surface area contributed by atoms with Crippen LogP contribution in [0.5, 0.6) is 5.75 Å². The van der Waals surface area contributed by atoms with Crippen molar-refractivity contribution in [2.24, 2.45) is 0 Å². The summed E-state index contributed by atoms with van der Waals surface area (Å²) >= 11 is 0. The van der Waals surface area contributed by atoms with Crippen LogP contribution in [0.1, 0.15) is 17.2 Å². The summed E-state index contributed by atoms with van der Waals surface area (Å²) in [5.74, 6) is 0.365. The second-order valence-corrected chi connectivity index (χ2v) is 3.32. The fraction of sp³-hybridized carbons (Fsp3) is 0.400. The number of aryl methyl sites for hydroxylation is 1. The van der Waals surface area contributed by atoms with Gasteiger partial charge in [0.05, 0.1) is 13.2 Å². The molecule has 4 heteroatoms. The number of hydrogen-bond donors (Lipinski definition) is 1. The van der Waals surface area contributed by atoms with Gasteiger partial charge in [0.1, 0.15) is 18.2 Å². The normalized spacial score (nSPS) is 19.2. The van der Waals surface area contributed by atoms with Gasteiger partial charge in [0.2, 0.25) is 0 Å². The third-order valence-electron chi connectivity index (χ3n) is 2.33. The van der Waals surface area contributed by atoms with Gasteiger partial charge in [-0.2, -0.15) is 5.48 Å². The minimum absolute atomic E-state index is 0.00528. The van der Waals surface area contributed by atoms with Gasteiger partial charge in [0, 0.05) is 11.6 Å². The fourth-order valence-electron chi connectivity index (χ4n) is 1.59. The molecule has 0 radical (unpaired) electrons. The molecule has 1 heterocycles. The van der Waals surface area contributed by atoms with E-state index in [1.165, 1.54) is 6.07 Å². The van der Waals surface area contributed by atoms with Crippen LogP contribution in [0.4, 0.5) is 4.39 Å². The minimum atomic E-state index is -0.234. The standard InChI is InChI=1S/C10H12FNO2/c1-6-3-7-9(12-13-2)5-14-10(7)4-8(6)11/h3-4,9,12H,5H2,1-2H3. The van der Waals surface area contributed by atoms with Crippen molar-refractivity contribution in [3.8, 4) is 5.75 Å². The van der Waals surface area contributed by atoms with Crippen molar-refractivity contribution in [1.82, 2.24) is 5.48 Å². The molecule has 0 aliphatic carbocycles. The van der Waals surface area contributed by atoms with Gasteiger partial charge in [-0.3, -0.25) is 0 Å². The molecule has 1 aromatic rings. The zero-order chi connectivity index (χ0) is 10.1. The molecule has 2 rings (SSSR count). The first-order valence-corrected chi connectivity index (χ1v) is 4.43. The lowest BCUT2D eigenvalue weighted by molar-refractivity contribution is 0.0536. The Morgan fingerprint density at radius 3 is 3.07 bits per heavy atom. The highest BCUT2D eigenvalue weighted by molar-refractivity contribution is 5.42. The molecule has 14 heavy (non-hydrogen) atoms. The van der Waals surface area contributed by atoms with Crippen molar-refractivity contribution in [3.63, 3.8) is 0 Å². The lowest BCUT2D eigenvalue weighted by Gasteiger charge is -2.09. The molecule has 0 saturated carbocycles. The number of fused-ring (bicyclic) bond motifs is 1. The number of hydroxylamine groups is 1. The number of benzene rings is 1. The molecule has 1 atom stereocenters. The monoisotopic (exact) mass is 197 g/mol. The van der Waals surface area contributed by atoms with Crippen LogP contribution in [0.25, 0.3) is 0 Å². The van der Waals surface area contributed by atoms with Crippen LogP contribution in [-0.2, 0) is 4.84 Å². The number of nitrogens with one attached hydrogen (secondary N) is 1. The third-order valence-corrected chi connectivity index (χ3v) is 2.33. The average molecular weight is 197 g/mol. The predicted molar refractivity (Wildman–Crippen MR) is 49.5 cm³/mol. The molecule has 1 aromatic carbocycles. The highest BCUT2D eigenvalue weighted by Gasteiger charge is 2.25. The van der Waals surface area contributed by atoms with Crippen molar-refractivity contribution in [2.75, 3.05) is 13.7 Å². The van der Waals surface area contributed by atoms with E-state index in [1.807, 2.05) is 0 Å². The SMILES string of the molecule is CONC1COc2cc(F)c(C)cc21. The summed E-state index contributed by atoms with van der Waals surface area (Å²) in [5, 5.41) is 0. The molecule has 0 amide bonds. The molecule has 0 bridgehead atoms. The topological polar surface area (TPSA) is 30.5 Å². The van der Waals surface area contributed by atoms with Gasteiger partial charge in [0.15, 0.2) is 0 Å². The zero-order valence-electron chi connectivity index (χ0n) is 8.13. The van der Waals surface area contributed by atoms with Gasteiger partial charge < -0.3 is 9.57 Å². The molecule has 76 valence electrons. The summed E-state index contributed by atoms with van der Waals surface area (Å²) in [6, 6.07) is 3.20. The van der Waals surface area contributed by atoms with Crippen LogP contribution in [0.3, 0.4) is 0 Å². The molecular weight excluding hydrogens is 185 g/mol. The lowest BCUT2D eigenvalue weighted by atomic mass is 10.1. The Labute approximate surface area is 81.8 Å². The smallest absolute Gasteiger partial charge is 0.129 e. The van der Waals surface area contributed by atoms with E-state index in [2.05, 4.69) is 5.48 Å². The van der Waals surface area contributed by atoms with E-state index in [0.717, 1.165) is 5.56 Å². The Morgan fingerprint density at radius 2 is 2.36 bits per heavy atom. The Bertz CT molecular complexity index is 354. The summed E-state index contributed by atoms with van der Waals surface area (Å²) in [7, 11) is 1.55. The molecule has 0 saturated heterocycles. The van der Waals surface area contributed by atoms with Crippen LogP contribution in [0, 0.1) is 12.7 Å². The number of halogens is 1. The first-order chi connectivity index (χ1) is 6.72. The summed E-state index contributed by atoms with van der Waals surface area (Å²) in [4.78, 5) is 4.83. The maximum Gasteiger partial charge on any atom is 0.129 e. The van der Waals surface area contributed by atoms with Crippen molar-refractivity contribution in [1.29, 1.82) is 0 Å². The number of hydrogen-bond acceptors (Lipinski definition) is 3. The van der Waals surface area contributed by atoms with Crippen LogP contribution in [-0.4, -0.2) is 13.7 Å². The maximum absolute atomic E-state index is 13.2. The van der Waals surface area contributed by atoms with Crippen LogP contribution < -0.4 is 10.2 Å². The van der Waals surface area contributed by atoms with Crippen LogP contribution >= 0.6 is 0 Å². The van der Waals surface area contributed by atoms with Gasteiger partial charge in [0.25, 0.3) is 0 Å². The highest BCUT2D eigenvalue weighted by Crippen LogP contribution is 2.33. The molecule has 0 spiro atoms. The van der Waals surface area contributed by atoms with Gasteiger partial charge in [-0.1, -0.05) is 0 Å². The van der Waals surface area contributed by atoms with Gasteiger partial charge in [-0.15, -0.1) is 0 Å². The zero-order valence-corrected chi connectivity index (χ0v) is 8.13. The summed E-state index contributed by atoms with van der Waals surface area (Å²) in [6.45, 7) is 2.21. The summed E-state index contributed by atoms with van der Waals surface area (Å²) in [5.41, 5.74) is 4.37. The first-order valence-electron chi connectivity index (χ1n) is 4.43. The summed E-state index contributed by atoms with van der Waals surface area (Å²) < 4.78 is 18.5. The molecule has 1 aliphatic rings. The van der Waals surface area contributed by atoms with E-state index < -0.39 is 0 Å². The molecular formula is C10H12FNO2. The number of ether oxygens (including phenoxy) is 1. The van der Waals surface area contributed by atoms with Crippen LogP contribution in [0.2, 0.25) is 0 Å². The molecule has 1 N–H and O–H groups in total. The molecule has 0 aromatic heterocycles. The highest BCUT2D eigenvalue weighted by atomic mass is 19.1. The Kier molecular flexibility index (Phi) is 2.39. The van der Waals surface area contributed by atoms with E-state index in [0.29, 0.717) is 17.9 Å². The third kappa shape index (κ3) is 1.47. The van der Waals surface area contributed by atoms with Crippen molar-refractivity contribution < 1.29 is 14.0 Å². The Hall–Kier alpha value is -1.13. The quantitative estimate of drug-likeness (QED) is 0.732. The molecule has 0 fully saturated rings. The van der Waals surface area contributed by atoms with Gasteiger partial charge >= 0.3 is 0 Å². The van der Waals surface area contributed by atoms with Crippen molar-refractivity contribution >= 4 is 0 Å². The average Bonchev–Trinajstić information content (AvgIpc) is 2.51.